The standard InChI is InChI=1S/C29H34FN9O2/c1-19-16-21-22(34-19)5-6-23(26(21)30)41-28-25(29(40)39-14-10-37(3)11-15-39)27(32-18-33-28)35-24-7-4-20(17-31-24)38-12-8-36(2)9-13-38/h4-7,16-18,34H,8-15H2,1-3H3,(H,31,32,33,35). The molecule has 0 spiro atoms. The van der Waals surface area contributed by atoms with Gasteiger partial charge in [0.1, 0.15) is 17.7 Å². The largest absolute Gasteiger partial charge is 0.435 e. The number of rotatable bonds is 6. The molecule has 2 aliphatic heterocycles. The number of fused-ring (bicyclic) bond motifs is 1. The van der Waals surface area contributed by atoms with Gasteiger partial charge in [-0.3, -0.25) is 4.79 Å². The van der Waals surface area contributed by atoms with E-state index in [4.69, 9.17) is 4.74 Å². The van der Waals surface area contributed by atoms with Crippen LogP contribution in [0.2, 0.25) is 0 Å². The zero-order chi connectivity index (χ0) is 28.5. The number of amides is 1. The van der Waals surface area contributed by atoms with Crippen LogP contribution in [0.3, 0.4) is 0 Å². The Bertz CT molecular complexity index is 1540. The van der Waals surface area contributed by atoms with Crippen molar-refractivity contribution in [2.24, 2.45) is 0 Å². The Kier molecular flexibility index (Phi) is 7.41. The highest BCUT2D eigenvalue weighted by Gasteiger charge is 2.29. The van der Waals surface area contributed by atoms with Crippen LogP contribution in [-0.4, -0.2) is 107 Å². The number of benzene rings is 1. The number of hydrogen-bond acceptors (Lipinski definition) is 9. The van der Waals surface area contributed by atoms with Crippen molar-refractivity contribution in [1.29, 1.82) is 0 Å². The number of piperazine rings is 2. The molecule has 11 nitrogen and oxygen atoms in total. The fourth-order valence-corrected chi connectivity index (χ4v) is 5.21. The van der Waals surface area contributed by atoms with Gasteiger partial charge in [0, 0.05) is 69.0 Å². The highest BCUT2D eigenvalue weighted by Crippen LogP contribution is 2.34. The molecule has 6 rings (SSSR count). The second-order valence-electron chi connectivity index (χ2n) is 10.7. The van der Waals surface area contributed by atoms with Crippen molar-refractivity contribution in [1.82, 2.24) is 34.6 Å². The summed E-state index contributed by atoms with van der Waals surface area (Å²) < 4.78 is 21.4. The van der Waals surface area contributed by atoms with Gasteiger partial charge < -0.3 is 34.6 Å². The first-order valence-corrected chi connectivity index (χ1v) is 13.8. The Balaban J connectivity index is 1.32. The number of H-pyrrole nitrogens is 1. The maximum absolute atomic E-state index is 15.4. The molecule has 1 amide bonds. The molecular weight excluding hydrogens is 525 g/mol. The third-order valence-corrected chi connectivity index (χ3v) is 7.72. The van der Waals surface area contributed by atoms with E-state index in [0.29, 0.717) is 29.8 Å². The molecule has 214 valence electrons. The second kappa shape index (κ2) is 11.3. The van der Waals surface area contributed by atoms with Crippen molar-refractivity contribution >= 4 is 34.1 Å². The van der Waals surface area contributed by atoms with E-state index in [1.54, 1.807) is 17.0 Å². The van der Waals surface area contributed by atoms with Crippen LogP contribution < -0.4 is 15.0 Å². The number of ether oxygens (including phenoxy) is 1. The van der Waals surface area contributed by atoms with Gasteiger partial charge in [0.25, 0.3) is 5.91 Å². The minimum Gasteiger partial charge on any atom is -0.435 e. The maximum atomic E-state index is 15.4. The van der Waals surface area contributed by atoms with E-state index in [1.807, 2.05) is 32.3 Å². The zero-order valence-electron chi connectivity index (χ0n) is 23.5. The first-order valence-electron chi connectivity index (χ1n) is 13.8. The fraction of sp³-hybridized carbons (Fsp3) is 0.379. The van der Waals surface area contributed by atoms with Crippen LogP contribution in [0.15, 0.2) is 42.9 Å². The van der Waals surface area contributed by atoms with Gasteiger partial charge >= 0.3 is 0 Å². The predicted octanol–water partition coefficient (Wildman–Crippen LogP) is 3.48. The minimum atomic E-state index is -0.529. The zero-order valence-corrected chi connectivity index (χ0v) is 23.5. The highest BCUT2D eigenvalue weighted by molar-refractivity contribution is 6.01. The summed E-state index contributed by atoms with van der Waals surface area (Å²) in [5, 5.41) is 3.59. The second-order valence-corrected chi connectivity index (χ2v) is 10.7. The van der Waals surface area contributed by atoms with Crippen LogP contribution in [-0.2, 0) is 0 Å². The summed E-state index contributed by atoms with van der Waals surface area (Å²) >= 11 is 0. The molecule has 2 aliphatic rings. The molecule has 12 heteroatoms. The molecule has 1 aromatic carbocycles. The molecule has 2 saturated heterocycles. The molecule has 41 heavy (non-hydrogen) atoms. The molecule has 4 aromatic rings. The van der Waals surface area contributed by atoms with Crippen LogP contribution in [0.4, 0.5) is 21.7 Å². The number of carbonyl (C=O) groups excluding carboxylic acids is 1. The molecule has 2 fully saturated rings. The number of aromatic nitrogens is 4. The summed E-state index contributed by atoms with van der Waals surface area (Å²) in [6.07, 6.45) is 3.12. The Morgan fingerprint density at radius 1 is 0.951 bits per heavy atom. The van der Waals surface area contributed by atoms with Gasteiger partial charge in [-0.25, -0.2) is 19.3 Å². The SMILES string of the molecule is Cc1cc2c(F)c(Oc3ncnc(Nc4ccc(N5CCN(C)CC5)cn4)c3C(=O)N3CCN(C)CC3)ccc2[nH]1. The summed E-state index contributed by atoms with van der Waals surface area (Å²) in [5.74, 6) is -0.0920. The number of nitrogens with zero attached hydrogens (tertiary/aromatic N) is 7. The lowest BCUT2D eigenvalue weighted by atomic mass is 10.2. The predicted molar refractivity (Wildman–Crippen MR) is 156 cm³/mol. The molecule has 0 atom stereocenters. The number of carbonyl (C=O) groups is 1. The van der Waals surface area contributed by atoms with Gasteiger partial charge in [-0.05, 0) is 51.4 Å². The maximum Gasteiger partial charge on any atom is 0.263 e. The molecule has 5 heterocycles. The number of likely N-dealkylation sites (N-methyl/N-ethyl adjacent to an activating group) is 2. The lowest BCUT2D eigenvalue weighted by Crippen LogP contribution is -2.47. The van der Waals surface area contributed by atoms with Gasteiger partial charge in [-0.2, -0.15) is 0 Å². The molecule has 0 unspecified atom stereocenters. The van der Waals surface area contributed by atoms with Crippen LogP contribution in [0.1, 0.15) is 16.1 Å². The van der Waals surface area contributed by atoms with Crippen LogP contribution in [0, 0.1) is 12.7 Å². The number of aryl methyl sites for hydroxylation is 1. The molecule has 0 saturated carbocycles. The van der Waals surface area contributed by atoms with Gasteiger partial charge in [-0.1, -0.05) is 0 Å². The number of halogens is 1. The molecular formula is C29H34FN9O2. The van der Waals surface area contributed by atoms with Gasteiger partial charge in [-0.15, -0.1) is 0 Å². The Morgan fingerprint density at radius 2 is 1.68 bits per heavy atom. The van der Waals surface area contributed by atoms with E-state index in [9.17, 15) is 4.79 Å². The first kappa shape index (κ1) is 26.9. The lowest BCUT2D eigenvalue weighted by Gasteiger charge is -2.33. The van der Waals surface area contributed by atoms with Crippen LogP contribution >= 0.6 is 0 Å². The van der Waals surface area contributed by atoms with E-state index >= 15 is 4.39 Å². The van der Waals surface area contributed by atoms with Crippen molar-refractivity contribution in [2.75, 3.05) is 76.7 Å². The van der Waals surface area contributed by atoms with E-state index < -0.39 is 5.82 Å². The third kappa shape index (κ3) is 5.66. The van der Waals surface area contributed by atoms with Gasteiger partial charge in [0.05, 0.1) is 11.9 Å². The monoisotopic (exact) mass is 559 g/mol. The Labute approximate surface area is 237 Å². The summed E-state index contributed by atoms with van der Waals surface area (Å²) in [4.78, 5) is 38.8. The lowest BCUT2D eigenvalue weighted by molar-refractivity contribution is 0.0661. The van der Waals surface area contributed by atoms with Crippen molar-refractivity contribution in [2.45, 2.75) is 6.92 Å². The summed E-state index contributed by atoms with van der Waals surface area (Å²) in [5.41, 5.74) is 2.67. The van der Waals surface area contributed by atoms with Crippen molar-refractivity contribution in [3.8, 4) is 11.6 Å². The van der Waals surface area contributed by atoms with E-state index in [0.717, 1.165) is 50.6 Å². The molecule has 2 N–H and O–H groups in total. The average molecular weight is 560 g/mol. The Morgan fingerprint density at radius 3 is 2.39 bits per heavy atom. The molecule has 3 aromatic heterocycles. The Hall–Kier alpha value is -4.29. The summed E-state index contributed by atoms with van der Waals surface area (Å²) in [6, 6.07) is 8.87. The number of hydrogen-bond donors (Lipinski definition) is 2. The van der Waals surface area contributed by atoms with Gasteiger partial charge in [0.15, 0.2) is 17.4 Å². The molecule has 0 aliphatic carbocycles. The summed E-state index contributed by atoms with van der Waals surface area (Å²) in [6.45, 7) is 8.31. The molecule has 0 radical (unpaired) electrons. The smallest absolute Gasteiger partial charge is 0.263 e. The average Bonchev–Trinajstić information content (AvgIpc) is 3.37. The minimum absolute atomic E-state index is 0.0222. The third-order valence-electron chi connectivity index (χ3n) is 7.72. The quantitative estimate of drug-likeness (QED) is 0.367. The first-order chi connectivity index (χ1) is 19.9. The number of nitrogens with one attached hydrogen (secondary N) is 2. The van der Waals surface area contributed by atoms with E-state index in [1.165, 1.54) is 12.4 Å². The number of anilines is 3. The summed E-state index contributed by atoms with van der Waals surface area (Å²) in [7, 11) is 4.14. The van der Waals surface area contributed by atoms with Gasteiger partial charge in [0.2, 0.25) is 5.88 Å². The fourth-order valence-electron chi connectivity index (χ4n) is 5.21. The van der Waals surface area contributed by atoms with Crippen LogP contribution in [0.5, 0.6) is 11.6 Å². The van der Waals surface area contributed by atoms with E-state index in [-0.39, 0.29) is 28.9 Å². The van der Waals surface area contributed by atoms with Crippen LogP contribution in [0.25, 0.3) is 10.9 Å². The topological polar surface area (TPSA) is 106 Å². The normalized spacial score (nSPS) is 16.8. The molecule has 0 bridgehead atoms. The van der Waals surface area contributed by atoms with Crippen molar-refractivity contribution in [3.05, 3.63) is 59.9 Å². The van der Waals surface area contributed by atoms with E-state index in [2.05, 4.69) is 47.0 Å². The van der Waals surface area contributed by atoms with Crippen molar-refractivity contribution in [3.63, 3.8) is 0 Å². The highest BCUT2D eigenvalue weighted by atomic mass is 19.1. The van der Waals surface area contributed by atoms with Crippen molar-refractivity contribution < 1.29 is 13.9 Å². The number of pyridine rings is 1. The number of aromatic amines is 1.